The number of H-pyrrole nitrogens is 1. The maximum Gasteiger partial charge on any atom is 0.573 e. The second-order valence-electron chi connectivity index (χ2n) is 5.86. The third-order valence-corrected chi connectivity index (χ3v) is 4.16. The first kappa shape index (κ1) is 16.6. The van der Waals surface area contributed by atoms with E-state index < -0.39 is 6.36 Å². The van der Waals surface area contributed by atoms with Crippen LogP contribution in [0.5, 0.6) is 5.75 Å². The molecule has 4 rings (SSSR count). The van der Waals surface area contributed by atoms with Gasteiger partial charge in [-0.05, 0) is 23.8 Å². The summed E-state index contributed by atoms with van der Waals surface area (Å²) < 4.78 is 47.1. The lowest BCUT2D eigenvalue weighted by atomic mass is 10.1. The summed E-state index contributed by atoms with van der Waals surface area (Å²) >= 11 is 0. The van der Waals surface area contributed by atoms with Crippen LogP contribution in [0.15, 0.2) is 42.9 Å². The lowest BCUT2D eigenvalue weighted by molar-refractivity contribution is -0.274. The molecule has 1 fully saturated rings. The standard InChI is InChI=1S/C17H15F3N4O2/c18-17(19,20)26-12-3-1-2-11(8-12)14-9-24(6-7-25-14)16-13-4-5-21-15(13)22-10-23-16/h1-5,8,10,14H,6-7,9H2,(H,21,22,23). The molecular weight excluding hydrogens is 349 g/mol. The smallest absolute Gasteiger partial charge is 0.406 e. The van der Waals surface area contributed by atoms with E-state index in [-0.39, 0.29) is 11.9 Å². The fourth-order valence-corrected chi connectivity index (χ4v) is 3.07. The number of halogens is 3. The van der Waals surface area contributed by atoms with Crippen LogP contribution in [-0.2, 0) is 4.74 Å². The largest absolute Gasteiger partial charge is 0.573 e. The Morgan fingerprint density at radius 1 is 1.23 bits per heavy atom. The number of morpholine rings is 1. The van der Waals surface area contributed by atoms with Gasteiger partial charge in [-0.25, -0.2) is 9.97 Å². The number of anilines is 1. The van der Waals surface area contributed by atoms with Crippen LogP contribution in [0.2, 0.25) is 0 Å². The highest BCUT2D eigenvalue weighted by Crippen LogP contribution is 2.31. The van der Waals surface area contributed by atoms with Gasteiger partial charge in [-0.2, -0.15) is 0 Å². The lowest BCUT2D eigenvalue weighted by Gasteiger charge is -2.34. The molecule has 0 radical (unpaired) electrons. The van der Waals surface area contributed by atoms with Gasteiger partial charge in [0.25, 0.3) is 0 Å². The van der Waals surface area contributed by atoms with Crippen LogP contribution in [-0.4, -0.2) is 41.0 Å². The first-order valence-corrected chi connectivity index (χ1v) is 8.00. The van der Waals surface area contributed by atoms with E-state index >= 15 is 0 Å². The number of benzene rings is 1. The number of nitrogens with zero attached hydrogens (tertiary/aromatic N) is 3. The number of aromatic amines is 1. The van der Waals surface area contributed by atoms with Crippen molar-refractivity contribution in [1.82, 2.24) is 15.0 Å². The lowest BCUT2D eigenvalue weighted by Crippen LogP contribution is -2.39. The van der Waals surface area contributed by atoms with Gasteiger partial charge in [0, 0.05) is 19.3 Å². The summed E-state index contributed by atoms with van der Waals surface area (Å²) in [4.78, 5) is 13.6. The van der Waals surface area contributed by atoms with Gasteiger partial charge < -0.3 is 19.4 Å². The number of hydrogen-bond acceptors (Lipinski definition) is 5. The molecule has 0 bridgehead atoms. The van der Waals surface area contributed by atoms with Gasteiger partial charge in [-0.3, -0.25) is 0 Å². The zero-order chi connectivity index (χ0) is 18.1. The number of fused-ring (bicyclic) bond motifs is 1. The minimum Gasteiger partial charge on any atom is -0.406 e. The quantitative estimate of drug-likeness (QED) is 0.771. The Morgan fingerprint density at radius 2 is 2.12 bits per heavy atom. The molecule has 1 atom stereocenters. The summed E-state index contributed by atoms with van der Waals surface area (Å²) in [6.45, 7) is 1.53. The number of aromatic nitrogens is 3. The van der Waals surface area contributed by atoms with Crippen molar-refractivity contribution in [2.24, 2.45) is 0 Å². The van der Waals surface area contributed by atoms with Crippen molar-refractivity contribution in [3.63, 3.8) is 0 Å². The maximum absolute atomic E-state index is 12.4. The van der Waals surface area contributed by atoms with Crippen molar-refractivity contribution in [2.75, 3.05) is 24.6 Å². The third-order valence-electron chi connectivity index (χ3n) is 4.16. The Balaban J connectivity index is 1.57. The average Bonchev–Trinajstić information content (AvgIpc) is 3.09. The van der Waals surface area contributed by atoms with Gasteiger partial charge in [0.1, 0.15) is 29.6 Å². The Kier molecular flexibility index (Phi) is 4.15. The Labute approximate surface area is 146 Å². The van der Waals surface area contributed by atoms with Crippen molar-refractivity contribution >= 4 is 16.9 Å². The average molecular weight is 364 g/mol. The minimum absolute atomic E-state index is 0.259. The zero-order valence-electron chi connectivity index (χ0n) is 13.5. The van der Waals surface area contributed by atoms with Crippen LogP contribution in [0.4, 0.5) is 19.0 Å². The normalized spacial score (nSPS) is 18.3. The van der Waals surface area contributed by atoms with Crippen molar-refractivity contribution in [3.05, 3.63) is 48.4 Å². The second kappa shape index (κ2) is 6.49. The molecular formula is C17H15F3N4O2. The van der Waals surface area contributed by atoms with Gasteiger partial charge in [-0.15, -0.1) is 13.2 Å². The highest BCUT2D eigenvalue weighted by molar-refractivity contribution is 5.87. The highest BCUT2D eigenvalue weighted by Gasteiger charge is 2.31. The molecule has 6 nitrogen and oxygen atoms in total. The molecule has 26 heavy (non-hydrogen) atoms. The summed E-state index contributed by atoms with van der Waals surface area (Å²) in [7, 11) is 0. The van der Waals surface area contributed by atoms with Crippen molar-refractivity contribution in [3.8, 4) is 5.75 Å². The van der Waals surface area contributed by atoms with Crippen LogP contribution in [0.25, 0.3) is 11.0 Å². The van der Waals surface area contributed by atoms with E-state index in [9.17, 15) is 13.2 Å². The molecule has 136 valence electrons. The molecule has 1 aliphatic rings. The van der Waals surface area contributed by atoms with E-state index in [1.807, 2.05) is 11.0 Å². The Bertz CT molecular complexity index is 912. The molecule has 1 saturated heterocycles. The Morgan fingerprint density at radius 3 is 2.96 bits per heavy atom. The molecule has 1 unspecified atom stereocenters. The van der Waals surface area contributed by atoms with E-state index in [0.29, 0.717) is 25.3 Å². The topological polar surface area (TPSA) is 63.3 Å². The molecule has 1 N–H and O–H groups in total. The fraction of sp³-hybridized carbons (Fsp3) is 0.294. The van der Waals surface area contributed by atoms with E-state index in [0.717, 1.165) is 16.9 Å². The Hall–Kier alpha value is -2.81. The van der Waals surface area contributed by atoms with Crippen LogP contribution in [0.1, 0.15) is 11.7 Å². The molecule has 0 spiro atoms. The number of ether oxygens (including phenoxy) is 2. The fourth-order valence-electron chi connectivity index (χ4n) is 3.07. The monoisotopic (exact) mass is 364 g/mol. The summed E-state index contributed by atoms with van der Waals surface area (Å²) in [6, 6.07) is 7.77. The first-order valence-electron chi connectivity index (χ1n) is 8.00. The first-order chi connectivity index (χ1) is 12.5. The van der Waals surface area contributed by atoms with Crippen LogP contribution in [0, 0.1) is 0 Å². The molecule has 0 amide bonds. The molecule has 0 aliphatic carbocycles. The summed E-state index contributed by atoms with van der Waals surface area (Å²) in [5.74, 6) is 0.512. The number of rotatable bonds is 3. The minimum atomic E-state index is -4.72. The van der Waals surface area contributed by atoms with Crippen molar-refractivity contribution in [2.45, 2.75) is 12.5 Å². The molecule has 1 aliphatic heterocycles. The van der Waals surface area contributed by atoms with E-state index in [1.165, 1.54) is 24.5 Å². The van der Waals surface area contributed by atoms with Crippen LogP contribution < -0.4 is 9.64 Å². The van der Waals surface area contributed by atoms with Crippen LogP contribution in [0.3, 0.4) is 0 Å². The maximum atomic E-state index is 12.4. The van der Waals surface area contributed by atoms with Gasteiger partial charge in [-0.1, -0.05) is 12.1 Å². The predicted octanol–water partition coefficient (Wildman–Crippen LogP) is 3.43. The second-order valence-corrected chi connectivity index (χ2v) is 5.86. The third kappa shape index (κ3) is 3.43. The SMILES string of the molecule is FC(F)(F)Oc1cccc(C2CN(c3ncnc4[nH]ccc34)CCO2)c1. The number of alkyl halides is 3. The van der Waals surface area contributed by atoms with Gasteiger partial charge >= 0.3 is 6.36 Å². The van der Waals surface area contributed by atoms with E-state index in [2.05, 4.69) is 19.7 Å². The highest BCUT2D eigenvalue weighted by atomic mass is 19.4. The molecule has 9 heteroatoms. The zero-order valence-corrected chi connectivity index (χ0v) is 13.5. The van der Waals surface area contributed by atoms with Gasteiger partial charge in [0.15, 0.2) is 0 Å². The predicted molar refractivity (Wildman–Crippen MR) is 87.9 cm³/mol. The summed E-state index contributed by atoms with van der Waals surface area (Å²) in [5, 5.41) is 0.891. The van der Waals surface area contributed by atoms with E-state index in [1.54, 1.807) is 12.3 Å². The number of hydrogen-bond donors (Lipinski definition) is 1. The van der Waals surface area contributed by atoms with Crippen molar-refractivity contribution < 1.29 is 22.6 Å². The van der Waals surface area contributed by atoms with Gasteiger partial charge in [0.2, 0.25) is 0 Å². The van der Waals surface area contributed by atoms with Crippen LogP contribution >= 0.6 is 0 Å². The molecule has 3 aromatic rings. The molecule has 3 heterocycles. The summed E-state index contributed by atoms with van der Waals surface area (Å²) in [5.41, 5.74) is 1.36. The molecule has 2 aromatic heterocycles. The molecule has 0 saturated carbocycles. The van der Waals surface area contributed by atoms with E-state index in [4.69, 9.17) is 4.74 Å². The van der Waals surface area contributed by atoms with Crippen molar-refractivity contribution in [1.29, 1.82) is 0 Å². The molecule has 1 aromatic carbocycles. The summed E-state index contributed by atoms with van der Waals surface area (Å²) in [6.07, 6.45) is -1.84. The number of nitrogens with one attached hydrogen (secondary N) is 1. The van der Waals surface area contributed by atoms with Gasteiger partial charge in [0.05, 0.1) is 12.0 Å².